The first-order valence-electron chi connectivity index (χ1n) is 6.23. The van der Waals surface area contributed by atoms with Gasteiger partial charge in [0.25, 0.3) is 0 Å². The van der Waals surface area contributed by atoms with E-state index in [1.54, 1.807) is 24.3 Å². The number of carbonyl (C=O) groups excluding carboxylic acids is 2. The van der Waals surface area contributed by atoms with Crippen molar-refractivity contribution in [2.45, 2.75) is 19.6 Å². The van der Waals surface area contributed by atoms with Crippen molar-refractivity contribution in [2.24, 2.45) is 5.92 Å². The minimum absolute atomic E-state index is 0.00557. The molecule has 114 valence electrons. The topological polar surface area (TPSA) is 102 Å². The van der Waals surface area contributed by atoms with Gasteiger partial charge in [0.2, 0.25) is 0 Å². The van der Waals surface area contributed by atoms with Gasteiger partial charge in [-0.05, 0) is 12.5 Å². The predicted molar refractivity (Wildman–Crippen MR) is 72.4 cm³/mol. The number of alkyl carbamates (subject to hydrolysis) is 1. The van der Waals surface area contributed by atoms with Crippen LogP contribution in [0.5, 0.6) is 0 Å². The molecule has 0 saturated carbocycles. The van der Waals surface area contributed by atoms with Crippen molar-refractivity contribution in [1.82, 2.24) is 5.32 Å². The first-order chi connectivity index (χ1) is 9.95. The summed E-state index contributed by atoms with van der Waals surface area (Å²) in [5.74, 6) is -3.10. The van der Waals surface area contributed by atoms with Gasteiger partial charge in [0, 0.05) is 0 Å². The molecule has 0 heterocycles. The number of rotatable bonds is 6. The van der Waals surface area contributed by atoms with Crippen LogP contribution < -0.4 is 5.32 Å². The number of carboxylic acids is 1. The molecule has 21 heavy (non-hydrogen) atoms. The highest BCUT2D eigenvalue weighted by Gasteiger charge is 2.32. The molecule has 2 atom stereocenters. The van der Waals surface area contributed by atoms with E-state index in [0.29, 0.717) is 0 Å². The fourth-order valence-corrected chi connectivity index (χ4v) is 1.61. The standard InChI is InChI=1S/C14H17NO6/c1-9(13(18)20-2)11(12(16)17)15-14(19)21-8-10-6-4-3-5-7-10/h3-7,9,11H,8H2,1-2H3,(H,15,19)(H,16,17)/t9-,11-/m0/s1. The van der Waals surface area contributed by atoms with Crippen LogP contribution in [0.2, 0.25) is 0 Å². The lowest BCUT2D eigenvalue weighted by atomic mass is 10.0. The molecule has 1 aromatic rings. The second kappa shape index (κ2) is 7.88. The zero-order valence-electron chi connectivity index (χ0n) is 11.7. The van der Waals surface area contributed by atoms with Crippen LogP contribution in [0.15, 0.2) is 30.3 Å². The summed E-state index contributed by atoms with van der Waals surface area (Å²) in [5, 5.41) is 11.2. The molecular formula is C14H17NO6. The number of benzene rings is 1. The number of carbonyl (C=O) groups is 3. The van der Waals surface area contributed by atoms with Crippen LogP contribution in [0.3, 0.4) is 0 Å². The highest BCUT2D eigenvalue weighted by molar-refractivity contribution is 5.86. The number of hydrogen-bond acceptors (Lipinski definition) is 5. The Morgan fingerprint density at radius 1 is 1.24 bits per heavy atom. The molecular weight excluding hydrogens is 278 g/mol. The fourth-order valence-electron chi connectivity index (χ4n) is 1.61. The largest absolute Gasteiger partial charge is 0.480 e. The number of ether oxygens (including phenoxy) is 2. The lowest BCUT2D eigenvalue weighted by Gasteiger charge is -2.19. The van der Waals surface area contributed by atoms with Gasteiger partial charge in [-0.2, -0.15) is 0 Å². The first-order valence-corrected chi connectivity index (χ1v) is 6.23. The van der Waals surface area contributed by atoms with Crippen LogP contribution in [0.1, 0.15) is 12.5 Å². The molecule has 0 aliphatic carbocycles. The Bertz CT molecular complexity index is 501. The van der Waals surface area contributed by atoms with Gasteiger partial charge in [0.1, 0.15) is 12.6 Å². The second-order valence-electron chi connectivity index (χ2n) is 4.33. The molecule has 0 saturated heterocycles. The summed E-state index contributed by atoms with van der Waals surface area (Å²) < 4.78 is 9.37. The van der Waals surface area contributed by atoms with E-state index < -0.39 is 30.0 Å². The molecule has 0 aliphatic rings. The van der Waals surface area contributed by atoms with Crippen LogP contribution in [0, 0.1) is 5.92 Å². The molecule has 1 aromatic carbocycles. The predicted octanol–water partition coefficient (Wildman–Crippen LogP) is 1.18. The molecule has 1 rings (SSSR count). The average molecular weight is 295 g/mol. The maximum absolute atomic E-state index is 11.6. The van der Waals surface area contributed by atoms with Gasteiger partial charge in [0.15, 0.2) is 0 Å². The summed E-state index contributed by atoms with van der Waals surface area (Å²) in [4.78, 5) is 34.0. The molecule has 0 aliphatic heterocycles. The number of amides is 1. The third-order valence-electron chi connectivity index (χ3n) is 2.83. The monoisotopic (exact) mass is 295 g/mol. The quantitative estimate of drug-likeness (QED) is 0.764. The van der Waals surface area contributed by atoms with Crippen LogP contribution in [0.25, 0.3) is 0 Å². The Morgan fingerprint density at radius 3 is 2.38 bits per heavy atom. The van der Waals surface area contributed by atoms with E-state index in [1.165, 1.54) is 6.92 Å². The fraction of sp³-hybridized carbons (Fsp3) is 0.357. The van der Waals surface area contributed by atoms with E-state index in [1.807, 2.05) is 6.07 Å². The second-order valence-corrected chi connectivity index (χ2v) is 4.33. The van der Waals surface area contributed by atoms with Gasteiger partial charge in [0.05, 0.1) is 13.0 Å². The van der Waals surface area contributed by atoms with Crippen LogP contribution in [-0.2, 0) is 25.7 Å². The number of nitrogens with one attached hydrogen (secondary N) is 1. The highest BCUT2D eigenvalue weighted by Crippen LogP contribution is 2.07. The van der Waals surface area contributed by atoms with Gasteiger partial charge in [-0.3, -0.25) is 4.79 Å². The number of esters is 1. The molecule has 0 fully saturated rings. The molecule has 0 bridgehead atoms. The Kier molecular flexibility index (Phi) is 6.19. The molecule has 0 unspecified atom stereocenters. The maximum Gasteiger partial charge on any atom is 0.408 e. The third kappa shape index (κ3) is 5.13. The van der Waals surface area contributed by atoms with E-state index in [2.05, 4.69) is 10.1 Å². The number of aliphatic carboxylic acids is 1. The van der Waals surface area contributed by atoms with Gasteiger partial charge in [-0.1, -0.05) is 30.3 Å². The molecule has 2 N–H and O–H groups in total. The highest BCUT2D eigenvalue weighted by atomic mass is 16.5. The normalized spacial score (nSPS) is 12.9. The van der Waals surface area contributed by atoms with Crippen molar-refractivity contribution in [3.8, 4) is 0 Å². The van der Waals surface area contributed by atoms with E-state index >= 15 is 0 Å². The smallest absolute Gasteiger partial charge is 0.408 e. The molecule has 0 aromatic heterocycles. The number of hydrogen-bond donors (Lipinski definition) is 2. The minimum atomic E-state index is -1.42. The van der Waals surface area contributed by atoms with Crippen molar-refractivity contribution in [1.29, 1.82) is 0 Å². The van der Waals surface area contributed by atoms with Gasteiger partial charge >= 0.3 is 18.0 Å². The summed E-state index contributed by atoms with van der Waals surface area (Å²) in [6.07, 6.45) is -0.915. The molecule has 0 radical (unpaired) electrons. The third-order valence-corrected chi connectivity index (χ3v) is 2.83. The average Bonchev–Trinajstić information content (AvgIpc) is 2.49. The van der Waals surface area contributed by atoms with Crippen LogP contribution in [-0.4, -0.2) is 36.3 Å². The minimum Gasteiger partial charge on any atom is -0.480 e. The van der Waals surface area contributed by atoms with Crippen LogP contribution in [0.4, 0.5) is 4.79 Å². The summed E-state index contributed by atoms with van der Waals surface area (Å²) in [5.41, 5.74) is 0.764. The van der Waals surface area contributed by atoms with E-state index in [-0.39, 0.29) is 6.61 Å². The zero-order valence-corrected chi connectivity index (χ0v) is 11.7. The first kappa shape index (κ1) is 16.5. The summed E-state index contributed by atoms with van der Waals surface area (Å²) in [6, 6.07) is 7.51. The Labute approximate surface area is 121 Å². The van der Waals surface area contributed by atoms with E-state index in [0.717, 1.165) is 12.7 Å². The van der Waals surface area contributed by atoms with E-state index in [4.69, 9.17) is 9.84 Å². The van der Waals surface area contributed by atoms with Crippen molar-refractivity contribution in [3.63, 3.8) is 0 Å². The maximum atomic E-state index is 11.6. The van der Waals surface area contributed by atoms with Crippen molar-refractivity contribution >= 4 is 18.0 Å². The lowest BCUT2D eigenvalue weighted by molar-refractivity contribution is -0.152. The Hall–Kier alpha value is -2.57. The summed E-state index contributed by atoms with van der Waals surface area (Å²) in [6.45, 7) is 1.35. The molecule has 0 spiro atoms. The molecule has 7 heteroatoms. The van der Waals surface area contributed by atoms with Crippen molar-refractivity contribution < 1.29 is 29.0 Å². The molecule has 7 nitrogen and oxygen atoms in total. The summed E-state index contributed by atoms with van der Waals surface area (Å²) in [7, 11) is 1.14. The summed E-state index contributed by atoms with van der Waals surface area (Å²) >= 11 is 0. The van der Waals surface area contributed by atoms with Gasteiger partial charge < -0.3 is 19.9 Å². The number of carboxylic acid groups (broad SMARTS) is 1. The van der Waals surface area contributed by atoms with Gasteiger partial charge in [-0.15, -0.1) is 0 Å². The molecule has 1 amide bonds. The Morgan fingerprint density at radius 2 is 1.86 bits per heavy atom. The van der Waals surface area contributed by atoms with Crippen LogP contribution >= 0.6 is 0 Å². The lowest BCUT2D eigenvalue weighted by Crippen LogP contribution is -2.47. The van der Waals surface area contributed by atoms with Crippen molar-refractivity contribution in [2.75, 3.05) is 7.11 Å². The van der Waals surface area contributed by atoms with E-state index in [9.17, 15) is 14.4 Å². The van der Waals surface area contributed by atoms with Gasteiger partial charge in [-0.25, -0.2) is 9.59 Å². The Balaban J connectivity index is 2.57. The SMILES string of the molecule is COC(=O)[C@@H](C)[C@H](NC(=O)OCc1ccccc1)C(=O)O. The zero-order chi connectivity index (χ0) is 15.8. The number of methoxy groups -OCH3 is 1. The van der Waals surface area contributed by atoms with Crippen molar-refractivity contribution in [3.05, 3.63) is 35.9 Å².